The summed E-state index contributed by atoms with van der Waals surface area (Å²) in [5.41, 5.74) is 2.94. The van der Waals surface area contributed by atoms with E-state index in [0.717, 1.165) is 28.9 Å². The first kappa shape index (κ1) is 25.2. The third-order valence-electron chi connectivity index (χ3n) is 5.59. The number of nitrogens with zero attached hydrogens (tertiary/aromatic N) is 1. The van der Waals surface area contributed by atoms with Crippen molar-refractivity contribution in [3.05, 3.63) is 59.2 Å². The van der Waals surface area contributed by atoms with Crippen LogP contribution in [0.3, 0.4) is 0 Å². The van der Waals surface area contributed by atoms with Crippen LogP contribution in [0.2, 0.25) is 0 Å². The van der Waals surface area contributed by atoms with Gasteiger partial charge in [0.05, 0.1) is 7.11 Å². The molecule has 0 saturated carbocycles. The van der Waals surface area contributed by atoms with Crippen LogP contribution in [0.1, 0.15) is 50.3 Å². The normalized spacial score (nSPS) is 12.6. The number of ether oxygens (including phenoxy) is 2. The summed E-state index contributed by atoms with van der Waals surface area (Å²) < 4.78 is 11.1. The number of amides is 2. The summed E-state index contributed by atoms with van der Waals surface area (Å²) in [6.07, 6.45) is 1.33. The Kier molecular flexibility index (Phi) is 9.57. The highest BCUT2D eigenvalue weighted by atomic mass is 16.5. The lowest BCUT2D eigenvalue weighted by Crippen LogP contribution is -2.51. The molecule has 0 aliphatic heterocycles. The van der Waals surface area contributed by atoms with E-state index in [-0.39, 0.29) is 24.5 Å². The molecule has 2 rings (SSSR count). The highest BCUT2D eigenvalue weighted by Gasteiger charge is 2.29. The second-order valence-corrected chi connectivity index (χ2v) is 8.17. The summed E-state index contributed by atoms with van der Waals surface area (Å²) in [6, 6.07) is 12.9. The summed E-state index contributed by atoms with van der Waals surface area (Å²) >= 11 is 0. The largest absolute Gasteiger partial charge is 0.497 e. The molecule has 0 unspecified atom stereocenters. The highest BCUT2D eigenvalue weighted by molar-refractivity contribution is 5.88. The number of carbonyl (C=O) groups is 2. The molecule has 0 saturated heterocycles. The van der Waals surface area contributed by atoms with E-state index in [0.29, 0.717) is 18.7 Å². The predicted octanol–water partition coefficient (Wildman–Crippen LogP) is 4.41. The van der Waals surface area contributed by atoms with Crippen LogP contribution in [0, 0.1) is 13.8 Å². The molecule has 174 valence electrons. The zero-order valence-electron chi connectivity index (χ0n) is 20.1. The van der Waals surface area contributed by atoms with Crippen molar-refractivity contribution >= 4 is 11.8 Å². The number of hydrogen-bond acceptors (Lipinski definition) is 4. The summed E-state index contributed by atoms with van der Waals surface area (Å²) in [4.78, 5) is 27.9. The van der Waals surface area contributed by atoms with Crippen LogP contribution in [-0.4, -0.2) is 42.5 Å². The Labute approximate surface area is 191 Å². The molecule has 2 amide bonds. The zero-order chi connectivity index (χ0) is 23.7. The number of hydrogen-bond donors (Lipinski definition) is 1. The van der Waals surface area contributed by atoms with Gasteiger partial charge in [-0.3, -0.25) is 9.59 Å². The van der Waals surface area contributed by atoms with Crippen molar-refractivity contribution in [3.8, 4) is 11.5 Å². The molecule has 0 heterocycles. The van der Waals surface area contributed by atoms with Crippen molar-refractivity contribution in [2.75, 3.05) is 13.7 Å². The van der Waals surface area contributed by atoms with Crippen LogP contribution in [0.15, 0.2) is 42.5 Å². The molecule has 0 radical (unpaired) electrons. The second-order valence-electron chi connectivity index (χ2n) is 8.17. The Morgan fingerprint density at radius 2 is 1.72 bits per heavy atom. The van der Waals surface area contributed by atoms with Gasteiger partial charge in [0.1, 0.15) is 17.5 Å². The SMILES string of the molecule is CC[C@H](C(=O)N[C@@H](C)CC)N(Cc1ccc(OC)cc1)C(=O)COc1cc(C)ccc1C. The van der Waals surface area contributed by atoms with E-state index in [2.05, 4.69) is 5.32 Å². The lowest BCUT2D eigenvalue weighted by molar-refractivity contribution is -0.143. The Balaban J connectivity index is 2.24. The summed E-state index contributed by atoms with van der Waals surface area (Å²) in [5, 5.41) is 3.02. The monoisotopic (exact) mass is 440 g/mol. The Bertz CT molecular complexity index is 895. The Morgan fingerprint density at radius 1 is 1.03 bits per heavy atom. The number of carbonyl (C=O) groups excluding carboxylic acids is 2. The van der Waals surface area contributed by atoms with Gasteiger partial charge in [-0.05, 0) is 68.5 Å². The third-order valence-corrected chi connectivity index (χ3v) is 5.59. The molecule has 2 atom stereocenters. The van der Waals surface area contributed by atoms with Gasteiger partial charge >= 0.3 is 0 Å². The molecule has 2 aromatic carbocycles. The van der Waals surface area contributed by atoms with Crippen LogP contribution >= 0.6 is 0 Å². The maximum absolute atomic E-state index is 13.3. The van der Waals surface area contributed by atoms with Gasteiger partial charge in [-0.1, -0.05) is 38.1 Å². The van der Waals surface area contributed by atoms with E-state index >= 15 is 0 Å². The summed E-state index contributed by atoms with van der Waals surface area (Å²) in [5.74, 6) is 1.05. The molecule has 1 N–H and O–H groups in total. The fraction of sp³-hybridized carbons (Fsp3) is 0.462. The van der Waals surface area contributed by atoms with Gasteiger partial charge in [0.25, 0.3) is 5.91 Å². The summed E-state index contributed by atoms with van der Waals surface area (Å²) in [7, 11) is 1.61. The number of rotatable bonds is 11. The van der Waals surface area contributed by atoms with Crippen molar-refractivity contribution in [1.29, 1.82) is 0 Å². The molecule has 0 aliphatic carbocycles. The van der Waals surface area contributed by atoms with E-state index in [1.807, 2.05) is 77.1 Å². The minimum Gasteiger partial charge on any atom is -0.497 e. The van der Waals surface area contributed by atoms with Gasteiger partial charge in [0.15, 0.2) is 6.61 Å². The smallest absolute Gasteiger partial charge is 0.261 e. The number of benzene rings is 2. The number of aryl methyl sites for hydroxylation is 2. The predicted molar refractivity (Wildman–Crippen MR) is 127 cm³/mol. The van der Waals surface area contributed by atoms with Gasteiger partial charge in [-0.2, -0.15) is 0 Å². The fourth-order valence-electron chi connectivity index (χ4n) is 3.37. The first-order valence-corrected chi connectivity index (χ1v) is 11.2. The van der Waals surface area contributed by atoms with E-state index in [9.17, 15) is 9.59 Å². The molecular formula is C26H36N2O4. The van der Waals surface area contributed by atoms with Crippen molar-refractivity contribution in [2.45, 2.75) is 66.1 Å². The molecule has 6 nitrogen and oxygen atoms in total. The molecular weight excluding hydrogens is 404 g/mol. The molecule has 0 aromatic heterocycles. The molecule has 0 aliphatic rings. The van der Waals surface area contributed by atoms with E-state index < -0.39 is 6.04 Å². The van der Waals surface area contributed by atoms with Gasteiger partial charge in [-0.25, -0.2) is 0 Å². The molecule has 0 spiro atoms. The van der Waals surface area contributed by atoms with Crippen LogP contribution in [-0.2, 0) is 16.1 Å². The first-order chi connectivity index (χ1) is 15.3. The van der Waals surface area contributed by atoms with Crippen molar-refractivity contribution < 1.29 is 19.1 Å². The maximum Gasteiger partial charge on any atom is 0.261 e. The first-order valence-electron chi connectivity index (χ1n) is 11.2. The highest BCUT2D eigenvalue weighted by Crippen LogP contribution is 2.20. The minimum atomic E-state index is -0.583. The lowest BCUT2D eigenvalue weighted by atomic mass is 10.1. The van der Waals surface area contributed by atoms with Crippen molar-refractivity contribution in [3.63, 3.8) is 0 Å². The van der Waals surface area contributed by atoms with E-state index in [4.69, 9.17) is 9.47 Å². The van der Waals surface area contributed by atoms with Crippen LogP contribution < -0.4 is 14.8 Å². The van der Waals surface area contributed by atoms with Crippen LogP contribution in [0.4, 0.5) is 0 Å². The maximum atomic E-state index is 13.3. The second kappa shape index (κ2) is 12.1. The van der Waals surface area contributed by atoms with Gasteiger partial charge in [0, 0.05) is 12.6 Å². The van der Waals surface area contributed by atoms with Crippen LogP contribution in [0.5, 0.6) is 11.5 Å². The number of nitrogens with one attached hydrogen (secondary N) is 1. The molecule has 6 heteroatoms. The van der Waals surface area contributed by atoms with Gasteiger partial charge in [0.2, 0.25) is 5.91 Å². The standard InChI is InChI=1S/C26H36N2O4/c1-7-20(5)27-26(30)23(8-2)28(16-21-11-13-22(31-6)14-12-21)25(29)17-32-24-15-18(3)9-10-19(24)4/h9-15,20,23H,7-8,16-17H2,1-6H3,(H,27,30)/t20-,23+/m0/s1. The Morgan fingerprint density at radius 3 is 2.31 bits per heavy atom. The van der Waals surface area contributed by atoms with Gasteiger partial charge < -0.3 is 19.7 Å². The quantitative estimate of drug-likeness (QED) is 0.562. The van der Waals surface area contributed by atoms with E-state index in [1.165, 1.54) is 0 Å². The average molecular weight is 441 g/mol. The molecule has 0 bridgehead atoms. The Hall–Kier alpha value is -3.02. The topological polar surface area (TPSA) is 67.9 Å². The van der Waals surface area contributed by atoms with Gasteiger partial charge in [-0.15, -0.1) is 0 Å². The fourth-order valence-corrected chi connectivity index (χ4v) is 3.37. The number of methoxy groups -OCH3 is 1. The zero-order valence-corrected chi connectivity index (χ0v) is 20.1. The van der Waals surface area contributed by atoms with Crippen molar-refractivity contribution in [1.82, 2.24) is 10.2 Å². The molecule has 2 aromatic rings. The summed E-state index contributed by atoms with van der Waals surface area (Å²) in [6.45, 7) is 10.0. The minimum absolute atomic E-state index is 0.0423. The van der Waals surface area contributed by atoms with Crippen LogP contribution in [0.25, 0.3) is 0 Å². The lowest BCUT2D eigenvalue weighted by Gasteiger charge is -2.31. The van der Waals surface area contributed by atoms with Crippen molar-refractivity contribution in [2.24, 2.45) is 0 Å². The van der Waals surface area contributed by atoms with E-state index in [1.54, 1.807) is 12.0 Å². The molecule has 32 heavy (non-hydrogen) atoms. The molecule has 0 fully saturated rings. The third kappa shape index (κ3) is 7.01. The average Bonchev–Trinajstić information content (AvgIpc) is 2.79.